The fourth-order valence-electron chi connectivity index (χ4n) is 3.61. The lowest BCUT2D eigenvalue weighted by Gasteiger charge is -2.30. The number of carbonyl (C=O) groups is 4. The number of nitrogens with zero attached hydrogens (tertiary/aromatic N) is 1. The van der Waals surface area contributed by atoms with Gasteiger partial charge in [-0.1, -0.05) is 13.8 Å². The quantitative estimate of drug-likeness (QED) is 0.281. The van der Waals surface area contributed by atoms with Crippen molar-refractivity contribution >= 4 is 47.2 Å². The van der Waals surface area contributed by atoms with E-state index >= 15 is 0 Å². The van der Waals surface area contributed by atoms with Gasteiger partial charge in [0.15, 0.2) is 0 Å². The number of rotatable bonds is 14. The average Bonchev–Trinajstić information content (AvgIpc) is 3.23. The standard InChI is InChI=1S/C21H38N4O5S2/c1-13(2)12-16(24-18(26)14(22)7-10-31-3)20(28)25-9-5-6-17(25)19(27)23-15(21(29)30)8-11-32-4/h13-17H,5-12,22H2,1-4H3,(H,23,27)(H,24,26)(H,29,30). The fraction of sp³-hybridized carbons (Fsp3) is 0.810. The van der Waals surface area contributed by atoms with Crippen molar-refractivity contribution in [3.05, 3.63) is 0 Å². The maximum atomic E-state index is 13.3. The molecule has 4 unspecified atom stereocenters. The van der Waals surface area contributed by atoms with E-state index in [-0.39, 0.29) is 17.7 Å². The highest BCUT2D eigenvalue weighted by Crippen LogP contribution is 2.21. The summed E-state index contributed by atoms with van der Waals surface area (Å²) in [5.41, 5.74) is 5.96. The van der Waals surface area contributed by atoms with E-state index < -0.39 is 36.0 Å². The molecule has 184 valence electrons. The minimum atomic E-state index is -1.09. The van der Waals surface area contributed by atoms with Gasteiger partial charge in [0.2, 0.25) is 17.7 Å². The zero-order valence-electron chi connectivity index (χ0n) is 19.5. The van der Waals surface area contributed by atoms with Gasteiger partial charge in [0.05, 0.1) is 6.04 Å². The normalized spacial score (nSPS) is 18.8. The van der Waals surface area contributed by atoms with Crippen LogP contribution in [-0.4, -0.2) is 88.4 Å². The van der Waals surface area contributed by atoms with Gasteiger partial charge in [0, 0.05) is 6.54 Å². The Hall–Kier alpha value is -1.46. The van der Waals surface area contributed by atoms with Crippen LogP contribution in [0.4, 0.5) is 0 Å². The van der Waals surface area contributed by atoms with E-state index in [4.69, 9.17) is 5.73 Å². The third-order valence-corrected chi connectivity index (χ3v) is 6.64. The number of nitrogens with one attached hydrogen (secondary N) is 2. The zero-order valence-corrected chi connectivity index (χ0v) is 21.1. The number of carbonyl (C=O) groups excluding carboxylic acids is 3. The molecule has 0 saturated carbocycles. The van der Waals surface area contributed by atoms with Gasteiger partial charge in [-0.3, -0.25) is 14.4 Å². The largest absolute Gasteiger partial charge is 0.480 e. The summed E-state index contributed by atoms with van der Waals surface area (Å²) in [6.45, 7) is 4.30. The van der Waals surface area contributed by atoms with Crippen LogP contribution in [0.1, 0.15) is 46.0 Å². The number of hydrogen-bond donors (Lipinski definition) is 4. The van der Waals surface area contributed by atoms with Crippen molar-refractivity contribution in [2.45, 2.75) is 70.1 Å². The number of carboxylic acid groups (broad SMARTS) is 1. The molecule has 5 N–H and O–H groups in total. The topological polar surface area (TPSA) is 142 Å². The molecule has 0 spiro atoms. The van der Waals surface area contributed by atoms with E-state index in [9.17, 15) is 24.3 Å². The highest BCUT2D eigenvalue weighted by Gasteiger charge is 2.39. The molecule has 0 aromatic rings. The first-order valence-electron chi connectivity index (χ1n) is 11.0. The summed E-state index contributed by atoms with van der Waals surface area (Å²) in [6, 6.07) is -3.21. The van der Waals surface area contributed by atoms with Crippen molar-refractivity contribution in [3.63, 3.8) is 0 Å². The van der Waals surface area contributed by atoms with Crippen LogP contribution < -0.4 is 16.4 Å². The van der Waals surface area contributed by atoms with Gasteiger partial charge in [0.25, 0.3) is 0 Å². The molecule has 0 aliphatic carbocycles. The molecule has 1 rings (SSSR count). The molecule has 9 nitrogen and oxygen atoms in total. The molecule has 1 saturated heterocycles. The first-order chi connectivity index (χ1) is 15.1. The fourth-order valence-corrected chi connectivity index (χ4v) is 4.57. The lowest BCUT2D eigenvalue weighted by Crippen LogP contribution is -2.57. The molecule has 3 amide bonds. The number of carboxylic acids is 1. The summed E-state index contributed by atoms with van der Waals surface area (Å²) in [7, 11) is 0. The van der Waals surface area contributed by atoms with Crippen molar-refractivity contribution < 1.29 is 24.3 Å². The minimum Gasteiger partial charge on any atom is -0.480 e. The summed E-state index contributed by atoms with van der Waals surface area (Å²) in [5.74, 6) is -0.761. The predicted octanol–water partition coefficient (Wildman–Crippen LogP) is 0.911. The average molecular weight is 491 g/mol. The number of nitrogens with two attached hydrogens (primary N) is 1. The second kappa shape index (κ2) is 14.6. The highest BCUT2D eigenvalue weighted by molar-refractivity contribution is 7.98. The molecule has 1 aliphatic heterocycles. The Morgan fingerprint density at radius 1 is 1.06 bits per heavy atom. The van der Waals surface area contributed by atoms with E-state index in [1.807, 2.05) is 26.4 Å². The van der Waals surface area contributed by atoms with Crippen LogP contribution in [0, 0.1) is 5.92 Å². The summed E-state index contributed by atoms with van der Waals surface area (Å²) in [5, 5.41) is 14.8. The Balaban J connectivity index is 2.89. The molecule has 11 heteroatoms. The SMILES string of the molecule is CSCCC(N)C(=O)NC(CC(C)C)C(=O)N1CCCC1C(=O)NC(CCSC)C(=O)O. The van der Waals surface area contributed by atoms with Crippen LogP contribution >= 0.6 is 23.5 Å². The first kappa shape index (κ1) is 28.6. The number of amides is 3. The molecule has 4 atom stereocenters. The van der Waals surface area contributed by atoms with Crippen molar-refractivity contribution in [1.29, 1.82) is 0 Å². The summed E-state index contributed by atoms with van der Waals surface area (Å²) in [4.78, 5) is 51.7. The van der Waals surface area contributed by atoms with Crippen LogP contribution in [0.2, 0.25) is 0 Å². The number of likely N-dealkylation sites (tertiary alicyclic amines) is 1. The molecule has 1 fully saturated rings. The van der Waals surface area contributed by atoms with Gasteiger partial charge in [-0.25, -0.2) is 4.79 Å². The van der Waals surface area contributed by atoms with Gasteiger partial charge in [-0.15, -0.1) is 0 Å². The molecule has 0 bridgehead atoms. The van der Waals surface area contributed by atoms with Crippen LogP contribution in [-0.2, 0) is 19.2 Å². The Bertz CT molecular complexity index is 650. The lowest BCUT2D eigenvalue weighted by molar-refractivity contribution is -0.145. The van der Waals surface area contributed by atoms with Gasteiger partial charge < -0.3 is 26.4 Å². The monoisotopic (exact) mass is 490 g/mol. The highest BCUT2D eigenvalue weighted by atomic mass is 32.2. The molecule has 32 heavy (non-hydrogen) atoms. The van der Waals surface area contributed by atoms with Crippen molar-refractivity contribution in [1.82, 2.24) is 15.5 Å². The molecular weight excluding hydrogens is 452 g/mol. The minimum absolute atomic E-state index is 0.143. The van der Waals surface area contributed by atoms with E-state index in [0.29, 0.717) is 44.4 Å². The van der Waals surface area contributed by atoms with Gasteiger partial charge in [-0.05, 0) is 62.0 Å². The summed E-state index contributed by atoms with van der Waals surface area (Å²) in [6.07, 6.45) is 6.15. The summed E-state index contributed by atoms with van der Waals surface area (Å²) < 4.78 is 0. The van der Waals surface area contributed by atoms with Crippen molar-refractivity contribution in [2.75, 3.05) is 30.6 Å². The maximum absolute atomic E-state index is 13.3. The van der Waals surface area contributed by atoms with Crippen LogP contribution in [0.15, 0.2) is 0 Å². The number of hydrogen-bond acceptors (Lipinski definition) is 7. The molecule has 1 aliphatic rings. The molecular formula is C21H38N4O5S2. The Morgan fingerprint density at radius 3 is 2.25 bits per heavy atom. The Labute approximate surface area is 199 Å². The van der Waals surface area contributed by atoms with E-state index in [0.717, 1.165) is 5.75 Å². The second-order valence-corrected chi connectivity index (χ2v) is 10.4. The lowest BCUT2D eigenvalue weighted by atomic mass is 10.0. The second-order valence-electron chi connectivity index (χ2n) is 8.45. The predicted molar refractivity (Wildman–Crippen MR) is 130 cm³/mol. The maximum Gasteiger partial charge on any atom is 0.326 e. The van der Waals surface area contributed by atoms with Crippen LogP contribution in [0.3, 0.4) is 0 Å². The third kappa shape index (κ3) is 9.19. The summed E-state index contributed by atoms with van der Waals surface area (Å²) >= 11 is 3.10. The number of aliphatic carboxylic acids is 1. The molecule has 0 aromatic heterocycles. The molecule has 0 aromatic carbocycles. The Kier molecular flexibility index (Phi) is 13.1. The van der Waals surface area contributed by atoms with Crippen LogP contribution in [0.5, 0.6) is 0 Å². The Morgan fingerprint density at radius 2 is 1.69 bits per heavy atom. The zero-order chi connectivity index (χ0) is 24.3. The van der Waals surface area contributed by atoms with Crippen LogP contribution in [0.25, 0.3) is 0 Å². The van der Waals surface area contributed by atoms with E-state index in [1.165, 1.54) is 16.7 Å². The van der Waals surface area contributed by atoms with Gasteiger partial charge >= 0.3 is 5.97 Å². The molecule has 1 heterocycles. The van der Waals surface area contributed by atoms with E-state index in [2.05, 4.69) is 10.6 Å². The smallest absolute Gasteiger partial charge is 0.326 e. The van der Waals surface area contributed by atoms with Crippen molar-refractivity contribution in [3.8, 4) is 0 Å². The molecule has 0 radical (unpaired) electrons. The number of thioether (sulfide) groups is 2. The van der Waals surface area contributed by atoms with Gasteiger partial charge in [0.1, 0.15) is 18.1 Å². The van der Waals surface area contributed by atoms with E-state index in [1.54, 1.807) is 11.8 Å². The van der Waals surface area contributed by atoms with Crippen molar-refractivity contribution in [2.24, 2.45) is 11.7 Å². The third-order valence-electron chi connectivity index (χ3n) is 5.36. The van der Waals surface area contributed by atoms with Gasteiger partial charge in [-0.2, -0.15) is 23.5 Å². The first-order valence-corrected chi connectivity index (χ1v) is 13.8.